The third-order valence-corrected chi connectivity index (χ3v) is 6.62. The highest BCUT2D eigenvalue weighted by Gasteiger charge is 2.28. The Bertz CT molecular complexity index is 1320. The van der Waals surface area contributed by atoms with E-state index in [1.165, 1.54) is 11.1 Å². The normalized spacial score (nSPS) is 15.9. The molecule has 3 aromatic carbocycles. The molecule has 0 amide bonds. The molecule has 1 unspecified atom stereocenters. The molecule has 5 rings (SSSR count). The largest absolute Gasteiger partial charge is 0.417 e. The lowest BCUT2D eigenvalue weighted by Crippen LogP contribution is -2.39. The number of aromatic nitrogens is 1. The first kappa shape index (κ1) is 22.2. The first-order valence-electron chi connectivity index (χ1n) is 11.7. The Kier molecular flexibility index (Phi) is 6.32. The minimum atomic E-state index is -0.461. The molecule has 2 N–H and O–H groups in total. The number of nitrogens with zero attached hydrogens (tertiary/aromatic N) is 1. The molecule has 6 heteroatoms. The number of aromatic amines is 1. The van der Waals surface area contributed by atoms with E-state index in [0.717, 1.165) is 43.7 Å². The first-order valence-corrected chi connectivity index (χ1v) is 11.7. The lowest BCUT2D eigenvalue weighted by molar-refractivity contribution is 0.149. The molecule has 0 saturated carbocycles. The molecule has 0 spiro atoms. The van der Waals surface area contributed by atoms with Crippen LogP contribution >= 0.6 is 0 Å². The highest BCUT2D eigenvalue weighted by Crippen LogP contribution is 2.33. The summed E-state index contributed by atoms with van der Waals surface area (Å²) in [7, 11) is 0. The van der Waals surface area contributed by atoms with Crippen LogP contribution < -0.4 is 11.1 Å². The van der Waals surface area contributed by atoms with E-state index in [4.69, 9.17) is 4.42 Å². The van der Waals surface area contributed by atoms with E-state index in [0.29, 0.717) is 17.0 Å². The van der Waals surface area contributed by atoms with Gasteiger partial charge in [-0.05, 0) is 73.7 Å². The number of rotatable bonds is 7. The van der Waals surface area contributed by atoms with Crippen LogP contribution in [0.3, 0.4) is 0 Å². The lowest BCUT2D eigenvalue weighted by Gasteiger charge is -2.39. The van der Waals surface area contributed by atoms with Crippen LogP contribution in [0.2, 0.25) is 0 Å². The van der Waals surface area contributed by atoms with E-state index >= 15 is 0 Å². The van der Waals surface area contributed by atoms with Crippen LogP contribution in [0.25, 0.3) is 11.1 Å². The van der Waals surface area contributed by atoms with E-state index in [1.54, 1.807) is 12.1 Å². The molecule has 34 heavy (non-hydrogen) atoms. The molecular weight excluding hydrogens is 429 g/mol. The first-order chi connectivity index (χ1) is 16.5. The summed E-state index contributed by atoms with van der Waals surface area (Å²) in [6, 6.07) is 22.8. The van der Waals surface area contributed by atoms with Crippen molar-refractivity contribution in [2.75, 3.05) is 18.4 Å². The smallest absolute Gasteiger partial charge is 0.408 e. The summed E-state index contributed by atoms with van der Waals surface area (Å²) in [6.45, 7) is 6.31. The Hall–Kier alpha value is -3.64. The molecule has 1 fully saturated rings. The van der Waals surface area contributed by atoms with Crippen LogP contribution in [0, 0.1) is 11.7 Å². The summed E-state index contributed by atoms with van der Waals surface area (Å²) in [6.07, 6.45) is 3.13. The van der Waals surface area contributed by atoms with Gasteiger partial charge in [-0.2, -0.15) is 0 Å². The Labute approximate surface area is 197 Å². The second-order valence-corrected chi connectivity index (χ2v) is 9.00. The minimum absolute atomic E-state index is 0.0156. The van der Waals surface area contributed by atoms with Gasteiger partial charge in [-0.1, -0.05) is 49.0 Å². The van der Waals surface area contributed by atoms with E-state index < -0.39 is 5.76 Å². The number of piperidine rings is 1. The molecule has 1 saturated heterocycles. The van der Waals surface area contributed by atoms with Gasteiger partial charge in [0.15, 0.2) is 5.58 Å². The third-order valence-electron chi connectivity index (χ3n) is 6.62. The fourth-order valence-electron chi connectivity index (χ4n) is 4.91. The van der Waals surface area contributed by atoms with Crippen molar-refractivity contribution in [3.8, 4) is 0 Å². The third kappa shape index (κ3) is 4.97. The molecule has 5 nitrogen and oxygen atoms in total. The van der Waals surface area contributed by atoms with Crippen LogP contribution in [0.15, 0.2) is 94.3 Å². The molecular formula is C28H28FN3O2. The molecule has 4 aromatic rings. The number of H-pyrrole nitrogens is 1. The van der Waals surface area contributed by atoms with Crippen molar-refractivity contribution in [1.82, 2.24) is 9.88 Å². The van der Waals surface area contributed by atoms with Crippen molar-refractivity contribution in [3.05, 3.63) is 113 Å². The zero-order valence-electron chi connectivity index (χ0n) is 19.0. The highest BCUT2D eigenvalue weighted by molar-refractivity contribution is 5.77. The van der Waals surface area contributed by atoms with Crippen LogP contribution in [0.4, 0.5) is 10.1 Å². The molecule has 1 atom stereocenters. The number of nitrogens with one attached hydrogen (secondary N) is 2. The monoisotopic (exact) mass is 457 g/mol. The maximum absolute atomic E-state index is 13.2. The van der Waals surface area contributed by atoms with Crippen LogP contribution in [-0.4, -0.2) is 23.0 Å². The minimum Gasteiger partial charge on any atom is -0.408 e. The fourth-order valence-corrected chi connectivity index (χ4v) is 4.91. The Morgan fingerprint density at radius 3 is 2.56 bits per heavy atom. The number of hydrogen-bond acceptors (Lipinski definition) is 4. The average molecular weight is 458 g/mol. The number of halogens is 1. The van der Waals surface area contributed by atoms with Crippen molar-refractivity contribution < 1.29 is 8.81 Å². The standard InChI is InChI=1S/C28H28FN3O2/c1-19(30-24-11-12-25-26(18-24)34-28(33)31-25)27(22-5-3-2-4-6-22)32-15-13-21(14-16-32)17-20-7-9-23(29)10-8-20/h2-12,18,21,27,30H,1,13-17H2,(H,31,33). The maximum atomic E-state index is 13.2. The summed E-state index contributed by atoms with van der Waals surface area (Å²) >= 11 is 0. The van der Waals surface area contributed by atoms with Gasteiger partial charge in [0, 0.05) is 17.5 Å². The molecule has 1 aliphatic rings. The van der Waals surface area contributed by atoms with Crippen molar-refractivity contribution >= 4 is 16.8 Å². The van der Waals surface area contributed by atoms with Crippen molar-refractivity contribution in [1.29, 1.82) is 0 Å². The van der Waals surface area contributed by atoms with Gasteiger partial charge in [-0.15, -0.1) is 0 Å². The summed E-state index contributed by atoms with van der Waals surface area (Å²) in [5, 5.41) is 3.45. The Morgan fingerprint density at radius 1 is 1.09 bits per heavy atom. The van der Waals surface area contributed by atoms with Crippen molar-refractivity contribution in [2.24, 2.45) is 5.92 Å². The van der Waals surface area contributed by atoms with Crippen LogP contribution in [0.1, 0.15) is 30.0 Å². The van der Waals surface area contributed by atoms with E-state index in [9.17, 15) is 9.18 Å². The quantitative estimate of drug-likeness (QED) is 0.364. The van der Waals surface area contributed by atoms with Crippen molar-refractivity contribution in [3.63, 3.8) is 0 Å². The molecule has 174 valence electrons. The number of oxazole rings is 1. The Balaban J connectivity index is 1.30. The summed E-state index contributed by atoms with van der Waals surface area (Å²) in [4.78, 5) is 16.6. The summed E-state index contributed by atoms with van der Waals surface area (Å²) in [5.74, 6) is -0.0667. The van der Waals surface area contributed by atoms with Gasteiger partial charge in [0.25, 0.3) is 0 Å². The van der Waals surface area contributed by atoms with Gasteiger partial charge >= 0.3 is 5.76 Å². The molecule has 0 radical (unpaired) electrons. The number of anilines is 1. The molecule has 2 heterocycles. The SMILES string of the molecule is C=C(Nc1ccc2[nH]c(=O)oc2c1)C(c1ccccc1)N1CCC(Cc2ccc(F)cc2)CC1. The van der Waals surface area contributed by atoms with Crippen molar-refractivity contribution in [2.45, 2.75) is 25.3 Å². The van der Waals surface area contributed by atoms with Gasteiger partial charge in [-0.3, -0.25) is 9.88 Å². The highest BCUT2D eigenvalue weighted by atomic mass is 19.1. The average Bonchev–Trinajstić information content (AvgIpc) is 3.22. The zero-order valence-corrected chi connectivity index (χ0v) is 19.0. The Morgan fingerprint density at radius 2 is 1.82 bits per heavy atom. The summed E-state index contributed by atoms with van der Waals surface area (Å²) in [5.41, 5.74) is 5.26. The predicted octanol–water partition coefficient (Wildman–Crippen LogP) is 5.88. The second-order valence-electron chi connectivity index (χ2n) is 9.00. The lowest BCUT2D eigenvalue weighted by atomic mass is 9.88. The number of fused-ring (bicyclic) bond motifs is 1. The predicted molar refractivity (Wildman–Crippen MR) is 133 cm³/mol. The van der Waals surface area contributed by atoms with Crippen LogP contribution in [0.5, 0.6) is 0 Å². The molecule has 0 aliphatic carbocycles. The fraction of sp³-hybridized carbons (Fsp3) is 0.250. The topological polar surface area (TPSA) is 61.3 Å². The van der Waals surface area contributed by atoms with Gasteiger partial charge in [0.05, 0.1) is 11.6 Å². The van der Waals surface area contributed by atoms with Gasteiger partial charge in [-0.25, -0.2) is 9.18 Å². The molecule has 1 aromatic heterocycles. The van der Waals surface area contributed by atoms with Crippen LogP contribution in [-0.2, 0) is 6.42 Å². The van der Waals surface area contributed by atoms with Gasteiger partial charge in [0.1, 0.15) is 5.82 Å². The summed E-state index contributed by atoms with van der Waals surface area (Å²) < 4.78 is 18.4. The molecule has 0 bridgehead atoms. The second kappa shape index (κ2) is 9.69. The van der Waals surface area contributed by atoms with E-state index in [2.05, 4.69) is 46.0 Å². The maximum Gasteiger partial charge on any atom is 0.417 e. The molecule has 1 aliphatic heterocycles. The zero-order chi connectivity index (χ0) is 23.5. The van der Waals surface area contributed by atoms with Gasteiger partial charge < -0.3 is 9.73 Å². The van der Waals surface area contributed by atoms with E-state index in [1.807, 2.05) is 36.4 Å². The van der Waals surface area contributed by atoms with E-state index in [-0.39, 0.29) is 11.9 Å². The number of hydrogen-bond donors (Lipinski definition) is 2. The number of likely N-dealkylation sites (tertiary alicyclic amines) is 1. The number of benzene rings is 3. The van der Waals surface area contributed by atoms with Gasteiger partial charge in [0.2, 0.25) is 0 Å².